The minimum absolute atomic E-state index is 0.0684. The van der Waals surface area contributed by atoms with Crippen LogP contribution in [0.1, 0.15) is 24.2 Å². The molecule has 0 radical (unpaired) electrons. The number of nitrogens with one attached hydrogen (secondary N) is 1. The zero-order chi connectivity index (χ0) is 14.3. The van der Waals surface area contributed by atoms with E-state index >= 15 is 0 Å². The lowest BCUT2D eigenvalue weighted by atomic mass is 10.0. The van der Waals surface area contributed by atoms with Gasteiger partial charge in [0.2, 0.25) is 0 Å². The molecule has 1 aliphatic heterocycles. The third-order valence-electron chi connectivity index (χ3n) is 3.50. The van der Waals surface area contributed by atoms with Gasteiger partial charge < -0.3 is 10.1 Å². The van der Waals surface area contributed by atoms with Crippen LogP contribution in [0.25, 0.3) is 0 Å². The van der Waals surface area contributed by atoms with Crippen LogP contribution in [0.4, 0.5) is 5.69 Å². The quantitative estimate of drug-likeness (QED) is 0.778. The van der Waals surface area contributed by atoms with Gasteiger partial charge in [0.05, 0.1) is 11.7 Å². The summed E-state index contributed by atoms with van der Waals surface area (Å²) in [6.45, 7) is 4.09. The van der Waals surface area contributed by atoms with Gasteiger partial charge in [0.15, 0.2) is 0 Å². The van der Waals surface area contributed by atoms with Crippen LogP contribution in [0.3, 0.4) is 0 Å². The highest BCUT2D eigenvalue weighted by Crippen LogP contribution is 2.41. The number of anilines is 1. The summed E-state index contributed by atoms with van der Waals surface area (Å²) in [4.78, 5) is 0. The lowest BCUT2D eigenvalue weighted by Gasteiger charge is -2.34. The molecule has 104 valence electrons. The van der Waals surface area contributed by atoms with E-state index in [1.54, 1.807) is 0 Å². The maximum absolute atomic E-state index is 6.19. The number of benzene rings is 2. The second-order valence-corrected chi connectivity index (χ2v) is 6.00. The number of aryl methyl sites for hydroxylation is 1. The Morgan fingerprint density at radius 2 is 1.90 bits per heavy atom. The molecule has 0 aromatic heterocycles. The molecule has 0 saturated carbocycles. The molecular formula is C16H15Cl2NO. The van der Waals surface area contributed by atoms with Gasteiger partial charge in [-0.2, -0.15) is 0 Å². The molecule has 1 N–H and O–H groups in total. The molecule has 2 atom stereocenters. The summed E-state index contributed by atoms with van der Waals surface area (Å²) >= 11 is 12.2. The molecule has 1 heterocycles. The van der Waals surface area contributed by atoms with Gasteiger partial charge in [0.1, 0.15) is 11.9 Å². The Labute approximate surface area is 128 Å². The lowest BCUT2D eigenvalue weighted by Crippen LogP contribution is -2.32. The number of rotatable bonds is 1. The van der Waals surface area contributed by atoms with Crippen LogP contribution in [-0.2, 0) is 0 Å². The first kappa shape index (κ1) is 13.6. The Balaban J connectivity index is 2.00. The van der Waals surface area contributed by atoms with Crippen LogP contribution in [0, 0.1) is 6.92 Å². The molecule has 4 heteroatoms. The van der Waals surface area contributed by atoms with Crippen molar-refractivity contribution in [3.63, 3.8) is 0 Å². The minimum atomic E-state index is -0.0684. The monoisotopic (exact) mass is 307 g/mol. The van der Waals surface area contributed by atoms with Crippen LogP contribution in [0.5, 0.6) is 5.75 Å². The van der Waals surface area contributed by atoms with Crippen LogP contribution in [0.2, 0.25) is 10.0 Å². The number of fused-ring (bicyclic) bond motifs is 1. The molecule has 0 fully saturated rings. The van der Waals surface area contributed by atoms with Gasteiger partial charge >= 0.3 is 0 Å². The van der Waals surface area contributed by atoms with Crippen molar-refractivity contribution in [2.24, 2.45) is 0 Å². The Kier molecular flexibility index (Phi) is 3.53. The van der Waals surface area contributed by atoms with E-state index in [9.17, 15) is 0 Å². The number of hydrogen-bond acceptors (Lipinski definition) is 2. The predicted octanol–water partition coefficient (Wildman–Crippen LogP) is 5.24. The van der Waals surface area contributed by atoms with E-state index in [1.165, 1.54) is 0 Å². The van der Waals surface area contributed by atoms with E-state index in [4.69, 9.17) is 27.9 Å². The molecule has 2 aromatic rings. The van der Waals surface area contributed by atoms with Crippen molar-refractivity contribution in [1.82, 2.24) is 0 Å². The molecule has 3 rings (SSSR count). The summed E-state index contributed by atoms with van der Waals surface area (Å²) < 4.78 is 6.19. The van der Waals surface area contributed by atoms with Crippen molar-refractivity contribution in [3.8, 4) is 5.75 Å². The first-order valence-corrected chi connectivity index (χ1v) is 7.29. The van der Waals surface area contributed by atoms with Crippen molar-refractivity contribution in [3.05, 3.63) is 57.6 Å². The van der Waals surface area contributed by atoms with Crippen molar-refractivity contribution in [2.75, 3.05) is 5.32 Å². The van der Waals surface area contributed by atoms with Gasteiger partial charge in [0.25, 0.3) is 0 Å². The molecule has 2 unspecified atom stereocenters. The van der Waals surface area contributed by atoms with Crippen molar-refractivity contribution in [2.45, 2.75) is 26.0 Å². The van der Waals surface area contributed by atoms with E-state index in [-0.39, 0.29) is 12.1 Å². The Hall–Kier alpha value is -1.38. The van der Waals surface area contributed by atoms with E-state index in [0.717, 1.165) is 27.6 Å². The lowest BCUT2D eigenvalue weighted by molar-refractivity contribution is 0.176. The maximum Gasteiger partial charge on any atom is 0.146 e. The van der Waals surface area contributed by atoms with Gasteiger partial charge in [-0.1, -0.05) is 35.3 Å². The normalized spacial score (nSPS) is 20.8. The van der Waals surface area contributed by atoms with Gasteiger partial charge in [-0.25, -0.2) is 0 Å². The van der Waals surface area contributed by atoms with E-state index in [2.05, 4.69) is 12.2 Å². The Bertz CT molecular complexity index is 657. The topological polar surface area (TPSA) is 21.3 Å². The minimum Gasteiger partial charge on any atom is -0.481 e. The fourth-order valence-corrected chi connectivity index (χ4v) is 3.06. The summed E-state index contributed by atoms with van der Waals surface area (Å²) in [6, 6.07) is 11.7. The largest absolute Gasteiger partial charge is 0.481 e. The third-order valence-corrected chi connectivity index (χ3v) is 3.95. The summed E-state index contributed by atoms with van der Waals surface area (Å²) in [6.07, 6.45) is -0.0684. The fraction of sp³-hybridized carbons (Fsp3) is 0.250. The van der Waals surface area contributed by atoms with Crippen molar-refractivity contribution in [1.29, 1.82) is 0 Å². The molecule has 0 bridgehead atoms. The summed E-state index contributed by atoms with van der Waals surface area (Å²) in [7, 11) is 0. The zero-order valence-electron chi connectivity index (χ0n) is 11.3. The standard InChI is InChI=1S/C16H15Cl2NO/c1-9-6-13(18)8-14-15(9)20-16(10(2)19-14)11-4-3-5-12(17)7-11/h3-8,10,16,19H,1-2H3. The highest BCUT2D eigenvalue weighted by Gasteiger charge is 2.29. The average molecular weight is 308 g/mol. The van der Waals surface area contributed by atoms with E-state index in [1.807, 2.05) is 43.3 Å². The zero-order valence-corrected chi connectivity index (χ0v) is 12.8. The second kappa shape index (κ2) is 5.19. The maximum atomic E-state index is 6.19. The molecule has 0 spiro atoms. The smallest absolute Gasteiger partial charge is 0.146 e. The van der Waals surface area contributed by atoms with E-state index in [0.29, 0.717) is 5.02 Å². The molecule has 1 aliphatic rings. The summed E-state index contributed by atoms with van der Waals surface area (Å²) in [5, 5.41) is 4.89. The summed E-state index contributed by atoms with van der Waals surface area (Å²) in [5.41, 5.74) is 3.04. The molecule has 0 amide bonds. The average Bonchev–Trinajstić information content (AvgIpc) is 2.37. The first-order valence-electron chi connectivity index (χ1n) is 6.53. The SMILES string of the molecule is Cc1cc(Cl)cc2c1OC(c1cccc(Cl)c1)C(C)N2. The van der Waals surface area contributed by atoms with Crippen LogP contribution >= 0.6 is 23.2 Å². The summed E-state index contributed by atoms with van der Waals surface area (Å²) in [5.74, 6) is 0.859. The Morgan fingerprint density at radius 3 is 2.65 bits per heavy atom. The van der Waals surface area contributed by atoms with Crippen LogP contribution in [-0.4, -0.2) is 6.04 Å². The first-order chi connectivity index (χ1) is 9.54. The number of halogens is 2. The fourth-order valence-electron chi connectivity index (χ4n) is 2.58. The van der Waals surface area contributed by atoms with Gasteiger partial charge in [-0.05, 0) is 49.2 Å². The van der Waals surface area contributed by atoms with Crippen LogP contribution in [0.15, 0.2) is 36.4 Å². The van der Waals surface area contributed by atoms with Gasteiger partial charge in [-0.3, -0.25) is 0 Å². The van der Waals surface area contributed by atoms with Gasteiger partial charge in [0, 0.05) is 10.0 Å². The second-order valence-electron chi connectivity index (χ2n) is 5.13. The van der Waals surface area contributed by atoms with Crippen molar-refractivity contribution < 1.29 is 4.74 Å². The van der Waals surface area contributed by atoms with E-state index < -0.39 is 0 Å². The Morgan fingerprint density at radius 1 is 1.10 bits per heavy atom. The molecule has 20 heavy (non-hydrogen) atoms. The molecule has 2 nitrogen and oxygen atoms in total. The predicted molar refractivity (Wildman–Crippen MR) is 84.1 cm³/mol. The highest BCUT2D eigenvalue weighted by molar-refractivity contribution is 6.31. The van der Waals surface area contributed by atoms with Gasteiger partial charge in [-0.15, -0.1) is 0 Å². The molecular weight excluding hydrogens is 293 g/mol. The molecule has 2 aromatic carbocycles. The highest BCUT2D eigenvalue weighted by atomic mass is 35.5. The van der Waals surface area contributed by atoms with Crippen molar-refractivity contribution >= 4 is 28.9 Å². The number of hydrogen-bond donors (Lipinski definition) is 1. The van der Waals surface area contributed by atoms with Crippen LogP contribution < -0.4 is 10.1 Å². The third kappa shape index (κ3) is 2.46. The number of ether oxygens (including phenoxy) is 1. The molecule has 0 aliphatic carbocycles. The molecule has 0 saturated heterocycles.